The molecular weight excluding hydrogens is 289 g/mol. The first-order valence-electron chi connectivity index (χ1n) is 7.14. The molecule has 0 unspecified atom stereocenters. The van der Waals surface area contributed by atoms with Gasteiger partial charge in [-0.05, 0) is 37.1 Å². The molecular formula is C15H22FN3O3. The largest absolute Gasteiger partial charge is 0.492 e. The third-order valence-corrected chi connectivity index (χ3v) is 3.05. The number of urea groups is 1. The molecule has 122 valence electrons. The molecule has 6 nitrogen and oxygen atoms in total. The molecule has 0 atom stereocenters. The van der Waals surface area contributed by atoms with Crippen LogP contribution in [0.15, 0.2) is 24.3 Å². The van der Waals surface area contributed by atoms with Crippen LogP contribution in [-0.2, 0) is 4.79 Å². The smallest absolute Gasteiger partial charge is 0.312 e. The first-order valence-corrected chi connectivity index (χ1v) is 7.14. The predicted octanol–water partition coefficient (Wildman–Crippen LogP) is 1.50. The van der Waals surface area contributed by atoms with E-state index >= 15 is 0 Å². The Labute approximate surface area is 129 Å². The van der Waals surface area contributed by atoms with Gasteiger partial charge in [-0.3, -0.25) is 4.79 Å². The van der Waals surface area contributed by atoms with Crippen molar-refractivity contribution in [2.45, 2.75) is 19.3 Å². The van der Waals surface area contributed by atoms with E-state index in [1.54, 1.807) is 24.1 Å². The Morgan fingerprint density at radius 1 is 1.27 bits per heavy atom. The van der Waals surface area contributed by atoms with E-state index in [9.17, 15) is 14.0 Å². The number of carbonyl (C=O) groups excluding carboxylic acids is 2. The van der Waals surface area contributed by atoms with Crippen LogP contribution in [0.5, 0.6) is 5.75 Å². The molecule has 0 spiro atoms. The van der Waals surface area contributed by atoms with E-state index in [4.69, 9.17) is 10.5 Å². The number of nitrogens with one attached hydrogen (secondary N) is 1. The van der Waals surface area contributed by atoms with E-state index in [0.29, 0.717) is 44.7 Å². The monoisotopic (exact) mass is 311 g/mol. The van der Waals surface area contributed by atoms with Crippen molar-refractivity contribution in [1.82, 2.24) is 10.2 Å². The summed E-state index contributed by atoms with van der Waals surface area (Å²) in [5, 5.41) is 2.47. The number of primary amides is 1. The SMILES string of the molecule is CN(CCOc1ccc(F)cc1)C(=O)CCCCNC(N)=O. The molecule has 1 rings (SSSR count). The fourth-order valence-electron chi connectivity index (χ4n) is 1.76. The van der Waals surface area contributed by atoms with Crippen molar-refractivity contribution < 1.29 is 18.7 Å². The summed E-state index contributed by atoms with van der Waals surface area (Å²) in [7, 11) is 1.71. The second-order valence-corrected chi connectivity index (χ2v) is 4.87. The summed E-state index contributed by atoms with van der Waals surface area (Å²) in [6, 6.07) is 5.18. The minimum atomic E-state index is -0.554. The Morgan fingerprint density at radius 2 is 1.95 bits per heavy atom. The van der Waals surface area contributed by atoms with E-state index in [-0.39, 0.29) is 11.7 Å². The van der Waals surface area contributed by atoms with Crippen LogP contribution >= 0.6 is 0 Å². The number of nitrogens with two attached hydrogens (primary N) is 1. The molecule has 0 saturated carbocycles. The second kappa shape index (κ2) is 9.59. The fourth-order valence-corrected chi connectivity index (χ4v) is 1.76. The first kappa shape index (κ1) is 17.7. The van der Waals surface area contributed by atoms with Gasteiger partial charge in [0.2, 0.25) is 5.91 Å². The van der Waals surface area contributed by atoms with Crippen LogP contribution in [0.4, 0.5) is 9.18 Å². The number of amides is 3. The zero-order valence-electron chi connectivity index (χ0n) is 12.7. The average Bonchev–Trinajstić information content (AvgIpc) is 2.48. The number of carbonyl (C=O) groups is 2. The van der Waals surface area contributed by atoms with Crippen LogP contribution in [0.3, 0.4) is 0 Å². The number of likely N-dealkylation sites (N-methyl/N-ethyl adjacent to an activating group) is 1. The highest BCUT2D eigenvalue weighted by Gasteiger charge is 2.08. The van der Waals surface area contributed by atoms with Crippen LogP contribution in [0.2, 0.25) is 0 Å². The molecule has 3 N–H and O–H groups in total. The highest BCUT2D eigenvalue weighted by atomic mass is 19.1. The van der Waals surface area contributed by atoms with E-state index in [1.807, 2.05) is 0 Å². The maximum Gasteiger partial charge on any atom is 0.312 e. The molecule has 0 heterocycles. The van der Waals surface area contributed by atoms with E-state index < -0.39 is 6.03 Å². The number of ether oxygens (including phenoxy) is 1. The molecule has 1 aromatic rings. The number of unbranched alkanes of at least 4 members (excludes halogenated alkanes) is 1. The lowest BCUT2D eigenvalue weighted by atomic mass is 10.2. The molecule has 0 fully saturated rings. The summed E-state index contributed by atoms with van der Waals surface area (Å²) in [4.78, 5) is 23.9. The molecule has 0 bridgehead atoms. The summed E-state index contributed by atoms with van der Waals surface area (Å²) >= 11 is 0. The number of nitrogens with zero attached hydrogens (tertiary/aromatic N) is 1. The van der Waals surface area contributed by atoms with Gasteiger partial charge < -0.3 is 20.7 Å². The third-order valence-electron chi connectivity index (χ3n) is 3.05. The van der Waals surface area contributed by atoms with Crippen LogP contribution in [0, 0.1) is 5.82 Å². The van der Waals surface area contributed by atoms with Crippen molar-refractivity contribution in [2.75, 3.05) is 26.7 Å². The summed E-state index contributed by atoms with van der Waals surface area (Å²) < 4.78 is 18.2. The zero-order chi connectivity index (χ0) is 16.4. The standard InChI is InChI=1S/C15H22FN3O3/c1-19(14(20)4-2-3-9-18-15(17)21)10-11-22-13-7-5-12(16)6-8-13/h5-8H,2-4,9-11H2,1H3,(H3,17,18,21). The van der Waals surface area contributed by atoms with Gasteiger partial charge in [0.1, 0.15) is 18.2 Å². The highest BCUT2D eigenvalue weighted by molar-refractivity contribution is 5.75. The molecule has 0 aliphatic heterocycles. The topological polar surface area (TPSA) is 84.7 Å². The Hall–Kier alpha value is -2.31. The first-order chi connectivity index (χ1) is 10.5. The summed E-state index contributed by atoms with van der Waals surface area (Å²) in [5.41, 5.74) is 4.93. The maximum absolute atomic E-state index is 12.7. The number of rotatable bonds is 9. The molecule has 0 aromatic heterocycles. The minimum Gasteiger partial charge on any atom is -0.492 e. The van der Waals surface area contributed by atoms with Crippen LogP contribution in [0.1, 0.15) is 19.3 Å². The van der Waals surface area contributed by atoms with Crippen LogP contribution in [0.25, 0.3) is 0 Å². The Kier molecular flexibility index (Phi) is 7.74. The van der Waals surface area contributed by atoms with E-state index in [1.165, 1.54) is 12.1 Å². The highest BCUT2D eigenvalue weighted by Crippen LogP contribution is 2.10. The van der Waals surface area contributed by atoms with Crippen molar-refractivity contribution in [3.8, 4) is 5.75 Å². The van der Waals surface area contributed by atoms with Crippen molar-refractivity contribution in [2.24, 2.45) is 5.73 Å². The number of hydrogen-bond acceptors (Lipinski definition) is 3. The molecule has 3 amide bonds. The number of halogens is 1. The van der Waals surface area contributed by atoms with Gasteiger partial charge in [0.05, 0.1) is 6.54 Å². The van der Waals surface area contributed by atoms with E-state index in [2.05, 4.69) is 5.32 Å². The fraction of sp³-hybridized carbons (Fsp3) is 0.467. The molecule has 0 aliphatic carbocycles. The van der Waals surface area contributed by atoms with Crippen LogP contribution in [-0.4, -0.2) is 43.6 Å². The van der Waals surface area contributed by atoms with Crippen molar-refractivity contribution >= 4 is 11.9 Å². The van der Waals surface area contributed by atoms with Gasteiger partial charge in [0.25, 0.3) is 0 Å². The van der Waals surface area contributed by atoms with Gasteiger partial charge in [-0.15, -0.1) is 0 Å². The second-order valence-electron chi connectivity index (χ2n) is 4.87. The molecule has 22 heavy (non-hydrogen) atoms. The lowest BCUT2D eigenvalue weighted by Crippen LogP contribution is -2.31. The van der Waals surface area contributed by atoms with Gasteiger partial charge in [0, 0.05) is 20.0 Å². The molecule has 0 aliphatic rings. The van der Waals surface area contributed by atoms with E-state index in [0.717, 1.165) is 0 Å². The van der Waals surface area contributed by atoms with Crippen molar-refractivity contribution in [3.63, 3.8) is 0 Å². The maximum atomic E-state index is 12.7. The third kappa shape index (κ3) is 7.47. The molecule has 0 radical (unpaired) electrons. The summed E-state index contributed by atoms with van der Waals surface area (Å²) in [6.45, 7) is 1.27. The van der Waals surface area contributed by atoms with Crippen LogP contribution < -0.4 is 15.8 Å². The molecule has 1 aromatic carbocycles. The van der Waals surface area contributed by atoms with Crippen molar-refractivity contribution in [3.05, 3.63) is 30.1 Å². The predicted molar refractivity (Wildman–Crippen MR) is 81.0 cm³/mol. The lowest BCUT2D eigenvalue weighted by Gasteiger charge is -2.17. The Morgan fingerprint density at radius 3 is 2.59 bits per heavy atom. The lowest BCUT2D eigenvalue weighted by molar-refractivity contribution is -0.130. The molecule has 0 saturated heterocycles. The normalized spacial score (nSPS) is 10.1. The van der Waals surface area contributed by atoms with Crippen molar-refractivity contribution in [1.29, 1.82) is 0 Å². The van der Waals surface area contributed by atoms with Gasteiger partial charge >= 0.3 is 6.03 Å². The number of benzene rings is 1. The van der Waals surface area contributed by atoms with Gasteiger partial charge in [-0.1, -0.05) is 0 Å². The van der Waals surface area contributed by atoms with Gasteiger partial charge in [-0.25, -0.2) is 9.18 Å². The summed E-state index contributed by atoms with van der Waals surface area (Å²) in [5.74, 6) is 0.270. The van der Waals surface area contributed by atoms with Gasteiger partial charge in [0.15, 0.2) is 0 Å². The Balaban J connectivity index is 2.13. The zero-order valence-corrected chi connectivity index (χ0v) is 12.7. The summed E-state index contributed by atoms with van der Waals surface area (Å²) in [6.07, 6.45) is 1.80. The Bertz CT molecular complexity index is 479. The molecule has 7 heteroatoms. The number of hydrogen-bond donors (Lipinski definition) is 2. The average molecular weight is 311 g/mol. The minimum absolute atomic E-state index is 0.0155. The quantitative estimate of drug-likeness (QED) is 0.678. The van der Waals surface area contributed by atoms with Gasteiger partial charge in [-0.2, -0.15) is 0 Å².